The minimum Gasteiger partial charge on any atom is -0.238 e. The van der Waals surface area contributed by atoms with Gasteiger partial charge in [0.25, 0.3) is 0 Å². The fraction of sp³-hybridized carbons (Fsp3) is 0.143. The van der Waals surface area contributed by atoms with Gasteiger partial charge in [-0.05, 0) is 47.2 Å². The standard InChI is InChI=1S/C21H17N2/c1-14-10-11-16-15-7-6-8-19(22-2)17(15)13-18(16)21(14)20-9-4-5-12-23(20)3/h4-12H,13H2,1,3H3/q+1. The van der Waals surface area contributed by atoms with Gasteiger partial charge in [0.15, 0.2) is 11.9 Å². The second-order valence-corrected chi connectivity index (χ2v) is 6.07. The molecule has 0 saturated carbocycles. The van der Waals surface area contributed by atoms with Gasteiger partial charge in [0, 0.05) is 12.1 Å². The third-order valence-corrected chi connectivity index (χ3v) is 4.75. The Morgan fingerprint density at radius 3 is 2.57 bits per heavy atom. The molecule has 3 aromatic rings. The highest BCUT2D eigenvalue weighted by Gasteiger charge is 2.27. The summed E-state index contributed by atoms with van der Waals surface area (Å²) in [6, 6.07) is 16.8. The normalized spacial score (nSPS) is 11.7. The first-order valence-electron chi connectivity index (χ1n) is 7.78. The van der Waals surface area contributed by atoms with Crippen molar-refractivity contribution in [1.82, 2.24) is 0 Å². The van der Waals surface area contributed by atoms with E-state index in [1.165, 1.54) is 39.1 Å². The van der Waals surface area contributed by atoms with Crippen molar-refractivity contribution >= 4 is 5.69 Å². The van der Waals surface area contributed by atoms with Gasteiger partial charge in [0.05, 0.1) is 12.1 Å². The van der Waals surface area contributed by atoms with Crippen LogP contribution in [0.2, 0.25) is 0 Å². The van der Waals surface area contributed by atoms with Gasteiger partial charge in [-0.2, -0.15) is 0 Å². The SMILES string of the molecule is [C-]#[N+]c1cccc2c1Cc1c-2ccc(C)c1-c1cccc[n+]1C. The molecule has 0 radical (unpaired) electrons. The van der Waals surface area contributed by atoms with Crippen molar-refractivity contribution in [2.45, 2.75) is 13.3 Å². The van der Waals surface area contributed by atoms with Crippen LogP contribution in [0, 0.1) is 13.5 Å². The summed E-state index contributed by atoms with van der Waals surface area (Å²) in [6.07, 6.45) is 2.93. The van der Waals surface area contributed by atoms with Crippen LogP contribution in [0.15, 0.2) is 54.7 Å². The minimum absolute atomic E-state index is 0.778. The predicted molar refractivity (Wildman–Crippen MR) is 92.3 cm³/mol. The summed E-state index contributed by atoms with van der Waals surface area (Å²) in [5.41, 5.74) is 9.59. The van der Waals surface area contributed by atoms with Gasteiger partial charge in [0.2, 0.25) is 5.69 Å². The van der Waals surface area contributed by atoms with E-state index in [9.17, 15) is 0 Å². The Kier molecular flexibility index (Phi) is 3.02. The molecule has 1 aromatic heterocycles. The van der Waals surface area contributed by atoms with E-state index in [0.29, 0.717) is 0 Å². The van der Waals surface area contributed by atoms with E-state index in [-0.39, 0.29) is 0 Å². The van der Waals surface area contributed by atoms with E-state index in [1.54, 1.807) is 0 Å². The molecule has 0 N–H and O–H groups in total. The van der Waals surface area contributed by atoms with Crippen LogP contribution in [0.25, 0.3) is 27.2 Å². The third kappa shape index (κ3) is 1.98. The van der Waals surface area contributed by atoms with Crippen LogP contribution in [0.1, 0.15) is 16.7 Å². The molecule has 23 heavy (non-hydrogen) atoms. The second kappa shape index (κ2) is 5.07. The molecule has 0 saturated heterocycles. The second-order valence-electron chi connectivity index (χ2n) is 6.07. The van der Waals surface area contributed by atoms with E-state index >= 15 is 0 Å². The first-order valence-corrected chi connectivity index (χ1v) is 7.78. The molecular formula is C21H17N2+. The highest BCUT2D eigenvalue weighted by molar-refractivity contribution is 5.88. The molecule has 0 amide bonds. The largest absolute Gasteiger partial charge is 0.238 e. The molecule has 0 fully saturated rings. The predicted octanol–water partition coefficient (Wildman–Crippen LogP) is 4.61. The summed E-state index contributed by atoms with van der Waals surface area (Å²) in [6.45, 7) is 9.60. The van der Waals surface area contributed by atoms with Crippen molar-refractivity contribution in [3.05, 3.63) is 82.8 Å². The lowest BCUT2D eigenvalue weighted by Crippen LogP contribution is -2.30. The van der Waals surface area contributed by atoms with Crippen molar-refractivity contribution in [1.29, 1.82) is 0 Å². The molecule has 1 aliphatic rings. The summed E-state index contributed by atoms with van der Waals surface area (Å²) in [5, 5.41) is 0. The molecule has 0 unspecified atom stereocenters. The van der Waals surface area contributed by atoms with E-state index in [0.717, 1.165) is 12.1 Å². The topological polar surface area (TPSA) is 8.24 Å². The van der Waals surface area contributed by atoms with E-state index in [2.05, 4.69) is 59.9 Å². The molecule has 4 rings (SSSR count). The van der Waals surface area contributed by atoms with E-state index < -0.39 is 0 Å². The van der Waals surface area contributed by atoms with Crippen LogP contribution in [0.3, 0.4) is 0 Å². The summed E-state index contributed by atoms with van der Waals surface area (Å²) < 4.78 is 2.17. The Labute approximate surface area is 136 Å². The molecular weight excluding hydrogens is 280 g/mol. The van der Waals surface area contributed by atoms with Crippen LogP contribution in [0.4, 0.5) is 5.69 Å². The number of aromatic nitrogens is 1. The van der Waals surface area contributed by atoms with Gasteiger partial charge in [-0.1, -0.05) is 30.3 Å². The third-order valence-electron chi connectivity index (χ3n) is 4.75. The first-order chi connectivity index (χ1) is 11.2. The van der Waals surface area contributed by atoms with Gasteiger partial charge in [0.1, 0.15) is 7.05 Å². The summed E-state index contributed by atoms with van der Waals surface area (Å²) in [4.78, 5) is 3.71. The number of rotatable bonds is 1. The maximum Gasteiger partial charge on any atom is 0.212 e. The average molecular weight is 297 g/mol. The zero-order valence-electron chi connectivity index (χ0n) is 13.3. The molecule has 1 heterocycles. The highest BCUT2D eigenvalue weighted by atomic mass is 14.9. The van der Waals surface area contributed by atoms with Gasteiger partial charge in [-0.25, -0.2) is 9.41 Å². The van der Waals surface area contributed by atoms with Crippen LogP contribution in [0.5, 0.6) is 0 Å². The summed E-state index contributed by atoms with van der Waals surface area (Å²) in [5.74, 6) is 0. The quantitative estimate of drug-likeness (QED) is 0.358. The molecule has 110 valence electrons. The van der Waals surface area contributed by atoms with Gasteiger partial charge in [-0.15, -0.1) is 0 Å². The van der Waals surface area contributed by atoms with Crippen molar-refractivity contribution in [3.63, 3.8) is 0 Å². The Morgan fingerprint density at radius 1 is 0.957 bits per heavy atom. The molecule has 0 bridgehead atoms. The molecule has 0 spiro atoms. The zero-order valence-corrected chi connectivity index (χ0v) is 13.3. The van der Waals surface area contributed by atoms with Crippen molar-refractivity contribution in [2.24, 2.45) is 7.05 Å². The molecule has 2 aromatic carbocycles. The lowest BCUT2D eigenvalue weighted by Gasteiger charge is -2.10. The number of benzene rings is 2. The summed E-state index contributed by atoms with van der Waals surface area (Å²) >= 11 is 0. The van der Waals surface area contributed by atoms with Crippen molar-refractivity contribution < 1.29 is 4.57 Å². The van der Waals surface area contributed by atoms with Crippen LogP contribution < -0.4 is 4.57 Å². The highest BCUT2D eigenvalue weighted by Crippen LogP contribution is 2.45. The van der Waals surface area contributed by atoms with Crippen LogP contribution >= 0.6 is 0 Å². The number of hydrogen-bond acceptors (Lipinski definition) is 0. The Morgan fingerprint density at radius 2 is 1.78 bits per heavy atom. The molecule has 0 aliphatic heterocycles. The Balaban J connectivity index is 2.01. The number of pyridine rings is 1. The van der Waals surface area contributed by atoms with Crippen LogP contribution in [-0.2, 0) is 13.5 Å². The lowest BCUT2D eigenvalue weighted by molar-refractivity contribution is -0.660. The molecule has 2 nitrogen and oxygen atoms in total. The molecule has 0 atom stereocenters. The summed E-state index contributed by atoms with van der Waals surface area (Å²) in [7, 11) is 2.08. The first kappa shape index (κ1) is 13.7. The van der Waals surface area contributed by atoms with Gasteiger partial charge >= 0.3 is 0 Å². The Hall–Kier alpha value is -2.92. The van der Waals surface area contributed by atoms with Crippen LogP contribution in [-0.4, -0.2) is 0 Å². The zero-order chi connectivity index (χ0) is 16.0. The number of nitrogens with zero attached hydrogens (tertiary/aromatic N) is 2. The van der Waals surface area contributed by atoms with Crippen molar-refractivity contribution in [2.75, 3.05) is 0 Å². The fourth-order valence-electron chi connectivity index (χ4n) is 3.63. The molecule has 1 aliphatic carbocycles. The number of hydrogen-bond donors (Lipinski definition) is 0. The number of aryl methyl sites for hydroxylation is 2. The monoisotopic (exact) mass is 297 g/mol. The fourth-order valence-corrected chi connectivity index (χ4v) is 3.63. The van der Waals surface area contributed by atoms with Gasteiger partial charge < -0.3 is 0 Å². The number of fused-ring (bicyclic) bond motifs is 3. The van der Waals surface area contributed by atoms with Gasteiger partial charge in [-0.3, -0.25) is 0 Å². The average Bonchev–Trinajstić information content (AvgIpc) is 2.94. The maximum atomic E-state index is 7.43. The Bertz CT molecular complexity index is 978. The maximum absolute atomic E-state index is 7.43. The van der Waals surface area contributed by atoms with E-state index in [1.807, 2.05) is 18.2 Å². The lowest BCUT2D eigenvalue weighted by atomic mass is 9.94. The van der Waals surface area contributed by atoms with E-state index in [4.69, 9.17) is 6.57 Å². The molecule has 2 heteroatoms. The smallest absolute Gasteiger partial charge is 0.212 e. The van der Waals surface area contributed by atoms with Crippen molar-refractivity contribution in [3.8, 4) is 22.4 Å². The minimum atomic E-state index is 0.778.